The van der Waals surface area contributed by atoms with E-state index in [1.165, 1.54) is 15.9 Å². The van der Waals surface area contributed by atoms with Crippen LogP contribution in [0.2, 0.25) is 5.02 Å². The summed E-state index contributed by atoms with van der Waals surface area (Å²) in [5, 5.41) is 0.508. The Hall–Kier alpha value is -3.19. The number of nitrogens with zero attached hydrogens (tertiary/aromatic N) is 2. The molecule has 33 heavy (non-hydrogen) atoms. The van der Waals surface area contributed by atoms with E-state index in [-0.39, 0.29) is 48.3 Å². The van der Waals surface area contributed by atoms with Crippen molar-refractivity contribution in [1.29, 1.82) is 0 Å². The summed E-state index contributed by atoms with van der Waals surface area (Å²) in [4.78, 5) is 53.8. The molecule has 0 spiro atoms. The molecule has 1 saturated carbocycles. The SMILES string of the molecule is O=C(Oc1cccc(N2C(=O)[C@H]3CCCC[C@H]3C2=O)c1)[C@H]1CC(=O)N(c2cccc(Cl)c2)C1. The van der Waals surface area contributed by atoms with Crippen molar-refractivity contribution in [1.82, 2.24) is 0 Å². The predicted molar refractivity (Wildman–Crippen MR) is 122 cm³/mol. The fraction of sp³-hybridized carbons (Fsp3) is 0.360. The lowest BCUT2D eigenvalue weighted by molar-refractivity contribution is -0.139. The average Bonchev–Trinajstić information content (AvgIpc) is 3.32. The van der Waals surface area contributed by atoms with Gasteiger partial charge in [-0.05, 0) is 43.2 Å². The quantitative estimate of drug-likeness (QED) is 0.386. The highest BCUT2D eigenvalue weighted by molar-refractivity contribution is 6.31. The van der Waals surface area contributed by atoms with Crippen molar-refractivity contribution in [2.75, 3.05) is 16.3 Å². The Balaban J connectivity index is 1.29. The van der Waals surface area contributed by atoms with Gasteiger partial charge < -0.3 is 9.64 Å². The minimum absolute atomic E-state index is 0.0392. The molecule has 2 saturated heterocycles. The lowest BCUT2D eigenvalue weighted by Crippen LogP contribution is -2.31. The monoisotopic (exact) mass is 466 g/mol. The summed E-state index contributed by atoms with van der Waals surface area (Å²) in [6.45, 7) is 0.199. The average molecular weight is 467 g/mol. The van der Waals surface area contributed by atoms with Crippen LogP contribution < -0.4 is 14.5 Å². The standard InChI is InChI=1S/C25H23ClN2O5/c26-16-5-3-6-17(12-16)27-14-15(11-22(27)29)25(32)33-19-8-4-7-18(13-19)28-23(30)20-9-1-2-10-21(20)24(28)31/h3-8,12-13,15,20-21H,1-2,9-11,14H2/t15-,20-,21+/m0/s1. The molecule has 7 nitrogen and oxygen atoms in total. The number of carbonyl (C=O) groups excluding carboxylic acids is 4. The van der Waals surface area contributed by atoms with Crippen molar-refractivity contribution >= 4 is 46.7 Å². The molecule has 2 aromatic carbocycles. The molecule has 5 rings (SSSR count). The maximum Gasteiger partial charge on any atom is 0.316 e. The molecule has 8 heteroatoms. The van der Waals surface area contributed by atoms with E-state index in [1.54, 1.807) is 42.5 Å². The Labute approximate surface area is 196 Å². The Morgan fingerprint density at radius 3 is 2.27 bits per heavy atom. The summed E-state index contributed by atoms with van der Waals surface area (Å²) in [7, 11) is 0. The Bertz CT molecular complexity index is 1130. The molecular formula is C25H23ClN2O5. The van der Waals surface area contributed by atoms with Gasteiger partial charge in [-0.2, -0.15) is 0 Å². The van der Waals surface area contributed by atoms with Crippen molar-refractivity contribution in [3.8, 4) is 5.75 Å². The minimum Gasteiger partial charge on any atom is -0.426 e. The minimum atomic E-state index is -0.627. The third-order valence-corrected chi connectivity index (χ3v) is 6.95. The molecule has 3 atom stereocenters. The van der Waals surface area contributed by atoms with E-state index in [2.05, 4.69) is 0 Å². The molecule has 0 N–H and O–H groups in total. The molecule has 0 radical (unpaired) electrons. The first-order chi connectivity index (χ1) is 15.9. The highest BCUT2D eigenvalue weighted by Crippen LogP contribution is 2.40. The van der Waals surface area contributed by atoms with E-state index in [1.807, 2.05) is 0 Å². The van der Waals surface area contributed by atoms with E-state index in [9.17, 15) is 19.2 Å². The van der Waals surface area contributed by atoms with Crippen molar-refractivity contribution < 1.29 is 23.9 Å². The van der Waals surface area contributed by atoms with Crippen LogP contribution in [0, 0.1) is 17.8 Å². The summed E-state index contributed by atoms with van der Waals surface area (Å²) >= 11 is 6.02. The zero-order chi connectivity index (χ0) is 23.1. The first-order valence-corrected chi connectivity index (χ1v) is 11.6. The van der Waals surface area contributed by atoms with E-state index in [4.69, 9.17) is 16.3 Å². The van der Waals surface area contributed by atoms with Crippen LogP contribution in [0.25, 0.3) is 0 Å². The lowest BCUT2D eigenvalue weighted by atomic mass is 9.81. The lowest BCUT2D eigenvalue weighted by Gasteiger charge is -2.19. The second-order valence-corrected chi connectivity index (χ2v) is 9.25. The number of imide groups is 1. The van der Waals surface area contributed by atoms with E-state index in [0.29, 0.717) is 16.4 Å². The normalized spacial score (nSPS) is 24.9. The summed E-state index contributed by atoms with van der Waals surface area (Å²) < 4.78 is 5.55. The van der Waals surface area contributed by atoms with Crippen LogP contribution >= 0.6 is 11.6 Å². The van der Waals surface area contributed by atoms with Crippen LogP contribution in [0.15, 0.2) is 48.5 Å². The largest absolute Gasteiger partial charge is 0.426 e. The van der Waals surface area contributed by atoms with E-state index in [0.717, 1.165) is 25.7 Å². The molecular weight excluding hydrogens is 444 g/mol. The third kappa shape index (κ3) is 4.02. The van der Waals surface area contributed by atoms with E-state index >= 15 is 0 Å². The van der Waals surface area contributed by atoms with Crippen molar-refractivity contribution in [3.05, 3.63) is 53.6 Å². The Kier molecular flexibility index (Phi) is 5.66. The number of rotatable bonds is 4. The number of benzene rings is 2. The summed E-state index contributed by atoms with van der Waals surface area (Å²) in [5.41, 5.74) is 1.05. The van der Waals surface area contributed by atoms with Gasteiger partial charge in [-0.15, -0.1) is 0 Å². The maximum absolute atomic E-state index is 12.9. The van der Waals surface area contributed by atoms with Gasteiger partial charge in [0.25, 0.3) is 0 Å². The molecule has 3 amide bonds. The maximum atomic E-state index is 12.9. The van der Waals surface area contributed by atoms with Crippen molar-refractivity contribution in [2.45, 2.75) is 32.1 Å². The van der Waals surface area contributed by atoms with Crippen LogP contribution in [0.1, 0.15) is 32.1 Å². The van der Waals surface area contributed by atoms with Crippen LogP contribution in [0.4, 0.5) is 11.4 Å². The third-order valence-electron chi connectivity index (χ3n) is 6.71. The fourth-order valence-electron chi connectivity index (χ4n) is 5.06. The van der Waals surface area contributed by atoms with E-state index < -0.39 is 11.9 Å². The molecule has 3 fully saturated rings. The molecule has 0 unspecified atom stereocenters. The molecule has 3 aliphatic rings. The number of halogens is 1. The van der Waals surface area contributed by atoms with Crippen LogP contribution in [0.5, 0.6) is 5.75 Å². The molecule has 0 bridgehead atoms. The van der Waals surface area contributed by atoms with Crippen molar-refractivity contribution in [2.24, 2.45) is 17.8 Å². The fourth-order valence-corrected chi connectivity index (χ4v) is 5.25. The predicted octanol–water partition coefficient (Wildman–Crippen LogP) is 3.98. The number of hydrogen-bond acceptors (Lipinski definition) is 5. The topological polar surface area (TPSA) is 84.0 Å². The zero-order valence-electron chi connectivity index (χ0n) is 17.9. The zero-order valence-corrected chi connectivity index (χ0v) is 18.7. The number of amides is 3. The van der Waals surface area contributed by atoms with Gasteiger partial charge in [0, 0.05) is 29.7 Å². The van der Waals surface area contributed by atoms with Gasteiger partial charge in [0.05, 0.1) is 23.4 Å². The second-order valence-electron chi connectivity index (χ2n) is 8.81. The van der Waals surface area contributed by atoms with Gasteiger partial charge in [-0.25, -0.2) is 4.90 Å². The number of hydrogen-bond donors (Lipinski definition) is 0. The Morgan fingerprint density at radius 1 is 0.909 bits per heavy atom. The van der Waals surface area contributed by atoms with Gasteiger partial charge in [0.2, 0.25) is 17.7 Å². The van der Waals surface area contributed by atoms with Crippen LogP contribution in [-0.4, -0.2) is 30.2 Å². The highest BCUT2D eigenvalue weighted by Gasteiger charge is 2.48. The Morgan fingerprint density at radius 2 is 1.58 bits per heavy atom. The smallest absolute Gasteiger partial charge is 0.316 e. The summed E-state index contributed by atoms with van der Waals surface area (Å²) in [6, 6.07) is 13.4. The number of ether oxygens (including phenoxy) is 1. The highest BCUT2D eigenvalue weighted by atomic mass is 35.5. The molecule has 170 valence electrons. The van der Waals surface area contributed by atoms with Gasteiger partial charge >= 0.3 is 5.97 Å². The molecule has 1 aliphatic carbocycles. The summed E-state index contributed by atoms with van der Waals surface area (Å²) in [6.07, 6.45) is 3.42. The molecule has 2 heterocycles. The molecule has 0 aromatic heterocycles. The summed E-state index contributed by atoms with van der Waals surface area (Å²) in [5.74, 6) is -1.95. The number of fused-ring (bicyclic) bond motifs is 1. The van der Waals surface area contributed by atoms with Crippen molar-refractivity contribution in [3.63, 3.8) is 0 Å². The van der Waals surface area contributed by atoms with Gasteiger partial charge in [-0.3, -0.25) is 19.2 Å². The second kappa shape index (κ2) is 8.63. The number of esters is 1. The van der Waals surface area contributed by atoms with Gasteiger partial charge in [0.1, 0.15) is 5.75 Å². The number of carbonyl (C=O) groups is 4. The van der Waals surface area contributed by atoms with Gasteiger partial charge in [0.15, 0.2) is 0 Å². The molecule has 2 aromatic rings. The van der Waals surface area contributed by atoms with Gasteiger partial charge in [-0.1, -0.05) is 36.6 Å². The molecule has 2 aliphatic heterocycles. The number of anilines is 2. The van der Waals surface area contributed by atoms with Crippen LogP contribution in [-0.2, 0) is 19.2 Å². The first-order valence-electron chi connectivity index (χ1n) is 11.2. The van der Waals surface area contributed by atoms with Crippen LogP contribution in [0.3, 0.4) is 0 Å². The first kappa shape index (κ1) is 21.6.